The van der Waals surface area contributed by atoms with E-state index in [9.17, 15) is 9.59 Å². The maximum Gasteiger partial charge on any atom is 0.228 e. The third-order valence-electron chi connectivity index (χ3n) is 2.44. The summed E-state index contributed by atoms with van der Waals surface area (Å²) in [7, 11) is 1.61. The molecule has 15 heavy (non-hydrogen) atoms. The summed E-state index contributed by atoms with van der Waals surface area (Å²) in [6.45, 7) is 0. The number of hydrogen-bond donors (Lipinski definition) is 2. The van der Waals surface area contributed by atoms with Crippen LogP contribution in [0.5, 0.6) is 0 Å². The van der Waals surface area contributed by atoms with Crippen molar-refractivity contribution in [2.45, 2.75) is 12.8 Å². The molecule has 0 bridgehead atoms. The van der Waals surface area contributed by atoms with E-state index >= 15 is 0 Å². The number of likely N-dealkylation sites (N-methyl/N-ethyl adjacent to an activating group) is 1. The number of rotatable bonds is 2. The molecule has 0 saturated carbocycles. The van der Waals surface area contributed by atoms with Crippen LogP contribution in [0.4, 0.5) is 5.69 Å². The molecule has 4 heteroatoms. The fourth-order valence-electron chi connectivity index (χ4n) is 1.65. The summed E-state index contributed by atoms with van der Waals surface area (Å²) in [5.41, 5.74) is 2.75. The van der Waals surface area contributed by atoms with E-state index in [4.69, 9.17) is 0 Å². The SMILES string of the molecule is CNC(=O)Cc1ccc2c(c1)NC(=O)C2. The van der Waals surface area contributed by atoms with Gasteiger partial charge in [-0.2, -0.15) is 0 Å². The Kier molecular flexibility index (Phi) is 2.41. The molecule has 1 aliphatic rings. The lowest BCUT2D eigenvalue weighted by molar-refractivity contribution is -0.120. The lowest BCUT2D eigenvalue weighted by atomic mass is 10.1. The van der Waals surface area contributed by atoms with Gasteiger partial charge in [-0.25, -0.2) is 0 Å². The highest BCUT2D eigenvalue weighted by molar-refractivity contribution is 5.99. The van der Waals surface area contributed by atoms with Crippen molar-refractivity contribution in [3.8, 4) is 0 Å². The van der Waals surface area contributed by atoms with Crippen molar-refractivity contribution in [1.29, 1.82) is 0 Å². The minimum atomic E-state index is -0.0285. The Bertz CT molecular complexity index is 427. The Morgan fingerprint density at radius 3 is 3.07 bits per heavy atom. The lowest BCUT2D eigenvalue weighted by Crippen LogP contribution is -2.19. The van der Waals surface area contributed by atoms with Crippen LogP contribution in [0, 0.1) is 0 Å². The summed E-state index contributed by atoms with van der Waals surface area (Å²) < 4.78 is 0. The number of anilines is 1. The molecule has 2 rings (SSSR count). The van der Waals surface area contributed by atoms with E-state index in [1.54, 1.807) is 7.05 Å². The summed E-state index contributed by atoms with van der Waals surface area (Å²) >= 11 is 0. The molecule has 0 aromatic heterocycles. The van der Waals surface area contributed by atoms with Crippen LogP contribution < -0.4 is 10.6 Å². The second-order valence-corrected chi connectivity index (χ2v) is 3.57. The molecule has 1 aromatic rings. The summed E-state index contributed by atoms with van der Waals surface area (Å²) in [6, 6.07) is 5.63. The lowest BCUT2D eigenvalue weighted by Gasteiger charge is -2.03. The summed E-state index contributed by atoms with van der Waals surface area (Å²) in [5, 5.41) is 5.32. The second-order valence-electron chi connectivity index (χ2n) is 3.57. The maximum absolute atomic E-state index is 11.1. The van der Waals surface area contributed by atoms with E-state index < -0.39 is 0 Å². The van der Waals surface area contributed by atoms with Gasteiger partial charge in [0.25, 0.3) is 0 Å². The number of carbonyl (C=O) groups excluding carboxylic acids is 2. The van der Waals surface area contributed by atoms with Crippen molar-refractivity contribution in [1.82, 2.24) is 5.32 Å². The Hall–Kier alpha value is -1.84. The van der Waals surface area contributed by atoms with E-state index in [2.05, 4.69) is 10.6 Å². The van der Waals surface area contributed by atoms with Crippen molar-refractivity contribution in [3.63, 3.8) is 0 Å². The van der Waals surface area contributed by atoms with Crippen molar-refractivity contribution in [2.24, 2.45) is 0 Å². The van der Waals surface area contributed by atoms with Gasteiger partial charge >= 0.3 is 0 Å². The fraction of sp³-hybridized carbons (Fsp3) is 0.273. The van der Waals surface area contributed by atoms with E-state index in [1.807, 2.05) is 18.2 Å². The molecular weight excluding hydrogens is 192 g/mol. The molecule has 0 fully saturated rings. The molecule has 0 spiro atoms. The monoisotopic (exact) mass is 204 g/mol. The quantitative estimate of drug-likeness (QED) is 0.735. The van der Waals surface area contributed by atoms with E-state index in [-0.39, 0.29) is 11.8 Å². The summed E-state index contributed by atoms with van der Waals surface area (Å²) in [5.74, 6) is -0.0126. The zero-order valence-electron chi connectivity index (χ0n) is 8.46. The third kappa shape index (κ3) is 1.98. The third-order valence-corrected chi connectivity index (χ3v) is 2.44. The maximum atomic E-state index is 11.1. The number of amides is 2. The van der Waals surface area contributed by atoms with Crippen LogP contribution in [0.2, 0.25) is 0 Å². The van der Waals surface area contributed by atoms with Gasteiger partial charge in [0.05, 0.1) is 12.8 Å². The van der Waals surface area contributed by atoms with Crippen LogP contribution in [-0.2, 0) is 22.4 Å². The molecule has 0 aliphatic carbocycles. The van der Waals surface area contributed by atoms with Gasteiger partial charge in [0, 0.05) is 12.7 Å². The molecule has 0 saturated heterocycles. The van der Waals surface area contributed by atoms with Gasteiger partial charge in [-0.05, 0) is 17.2 Å². The predicted molar refractivity (Wildman–Crippen MR) is 56.5 cm³/mol. The molecule has 1 aliphatic heterocycles. The van der Waals surface area contributed by atoms with Crippen molar-refractivity contribution >= 4 is 17.5 Å². The number of fused-ring (bicyclic) bond motifs is 1. The van der Waals surface area contributed by atoms with Crippen LogP contribution >= 0.6 is 0 Å². The Morgan fingerprint density at radius 1 is 1.53 bits per heavy atom. The van der Waals surface area contributed by atoms with Crippen LogP contribution in [0.15, 0.2) is 18.2 Å². The highest BCUT2D eigenvalue weighted by Crippen LogP contribution is 2.24. The molecule has 0 atom stereocenters. The number of carbonyl (C=O) groups is 2. The van der Waals surface area contributed by atoms with Gasteiger partial charge in [0.15, 0.2) is 0 Å². The van der Waals surface area contributed by atoms with E-state index in [0.29, 0.717) is 12.8 Å². The first-order chi connectivity index (χ1) is 7.19. The van der Waals surface area contributed by atoms with Gasteiger partial charge in [-0.3, -0.25) is 9.59 Å². The second kappa shape index (κ2) is 3.73. The highest BCUT2D eigenvalue weighted by Gasteiger charge is 2.17. The van der Waals surface area contributed by atoms with Gasteiger partial charge in [-0.1, -0.05) is 12.1 Å². The number of nitrogens with one attached hydrogen (secondary N) is 2. The van der Waals surface area contributed by atoms with Crippen molar-refractivity contribution in [3.05, 3.63) is 29.3 Å². The molecule has 0 radical (unpaired) electrons. The van der Waals surface area contributed by atoms with Gasteiger partial charge in [0.2, 0.25) is 11.8 Å². The first kappa shape index (κ1) is 9.71. The number of benzene rings is 1. The highest BCUT2D eigenvalue weighted by atomic mass is 16.2. The standard InChI is InChI=1S/C11H12N2O2/c1-12-10(14)5-7-2-3-8-6-11(15)13-9(8)4-7/h2-4H,5-6H2,1H3,(H,12,14)(H,13,15). The van der Waals surface area contributed by atoms with Crippen molar-refractivity contribution in [2.75, 3.05) is 12.4 Å². The van der Waals surface area contributed by atoms with Crippen LogP contribution in [0.3, 0.4) is 0 Å². The predicted octanol–water partition coefficient (Wildman–Crippen LogP) is 0.470. The molecule has 4 nitrogen and oxygen atoms in total. The topological polar surface area (TPSA) is 58.2 Å². The van der Waals surface area contributed by atoms with E-state index in [1.165, 1.54) is 0 Å². The number of hydrogen-bond acceptors (Lipinski definition) is 2. The zero-order valence-corrected chi connectivity index (χ0v) is 8.46. The largest absolute Gasteiger partial charge is 0.359 e. The first-order valence-corrected chi connectivity index (χ1v) is 4.81. The minimum Gasteiger partial charge on any atom is -0.359 e. The average Bonchev–Trinajstić information content (AvgIpc) is 2.57. The molecule has 2 N–H and O–H groups in total. The molecule has 78 valence electrons. The molecule has 1 aromatic carbocycles. The van der Waals surface area contributed by atoms with Crippen LogP contribution in [0.1, 0.15) is 11.1 Å². The first-order valence-electron chi connectivity index (χ1n) is 4.81. The molecular formula is C11H12N2O2. The smallest absolute Gasteiger partial charge is 0.228 e. The summed E-state index contributed by atoms with van der Waals surface area (Å²) in [4.78, 5) is 22.2. The zero-order chi connectivity index (χ0) is 10.8. The van der Waals surface area contributed by atoms with Gasteiger partial charge in [0.1, 0.15) is 0 Å². The molecule has 1 heterocycles. The fourth-order valence-corrected chi connectivity index (χ4v) is 1.65. The summed E-state index contributed by atoms with van der Waals surface area (Å²) in [6.07, 6.45) is 0.787. The average molecular weight is 204 g/mol. The molecule has 2 amide bonds. The van der Waals surface area contributed by atoms with E-state index in [0.717, 1.165) is 16.8 Å². The van der Waals surface area contributed by atoms with Gasteiger partial charge in [-0.15, -0.1) is 0 Å². The van der Waals surface area contributed by atoms with Crippen LogP contribution in [0.25, 0.3) is 0 Å². The normalized spacial score (nSPS) is 13.3. The molecule has 0 unspecified atom stereocenters. The van der Waals surface area contributed by atoms with Gasteiger partial charge < -0.3 is 10.6 Å². The van der Waals surface area contributed by atoms with Crippen molar-refractivity contribution < 1.29 is 9.59 Å². The Morgan fingerprint density at radius 2 is 2.33 bits per heavy atom. The Balaban J connectivity index is 2.20. The minimum absolute atomic E-state index is 0.0158. The van der Waals surface area contributed by atoms with Crippen LogP contribution in [-0.4, -0.2) is 18.9 Å². The Labute approximate surface area is 87.7 Å².